The minimum absolute atomic E-state index is 0.0460. The van der Waals surface area contributed by atoms with Gasteiger partial charge in [0, 0.05) is 5.57 Å². The van der Waals surface area contributed by atoms with Crippen molar-refractivity contribution in [1.82, 2.24) is 0 Å². The molecule has 1 atom stereocenters. The van der Waals surface area contributed by atoms with Crippen molar-refractivity contribution in [2.75, 3.05) is 6.61 Å². The molecule has 0 bridgehead atoms. The standard InChI is InChI=1S/C14H15ClO5/c1-8(2)13(17)20-9(3)7-19-14(18)11-5-4-10(16)6-12(11)15/h4-6,9,16H,1,7H2,2-3H3. The number of benzene rings is 1. The zero-order valence-electron chi connectivity index (χ0n) is 11.2. The van der Waals surface area contributed by atoms with Gasteiger partial charge in [-0.1, -0.05) is 18.2 Å². The second-order valence-corrected chi connectivity index (χ2v) is 4.67. The normalized spacial score (nSPS) is 11.6. The van der Waals surface area contributed by atoms with E-state index in [-0.39, 0.29) is 28.5 Å². The molecule has 1 aromatic rings. The summed E-state index contributed by atoms with van der Waals surface area (Å²) < 4.78 is 9.94. The largest absolute Gasteiger partial charge is 0.508 e. The molecule has 20 heavy (non-hydrogen) atoms. The van der Waals surface area contributed by atoms with Crippen molar-refractivity contribution in [2.24, 2.45) is 0 Å². The number of phenolic OH excluding ortho intramolecular Hbond substituents is 1. The molecular weight excluding hydrogens is 284 g/mol. The Morgan fingerprint density at radius 2 is 2.10 bits per heavy atom. The van der Waals surface area contributed by atoms with Crippen molar-refractivity contribution in [3.63, 3.8) is 0 Å². The van der Waals surface area contributed by atoms with Crippen molar-refractivity contribution in [3.8, 4) is 5.75 Å². The minimum Gasteiger partial charge on any atom is -0.508 e. The first-order chi connectivity index (χ1) is 9.31. The summed E-state index contributed by atoms with van der Waals surface area (Å²) in [6.45, 7) is 6.46. The van der Waals surface area contributed by atoms with Gasteiger partial charge >= 0.3 is 11.9 Å². The molecule has 1 unspecified atom stereocenters. The molecule has 0 aliphatic heterocycles. The van der Waals surface area contributed by atoms with Crippen LogP contribution in [-0.4, -0.2) is 29.8 Å². The van der Waals surface area contributed by atoms with Gasteiger partial charge in [0.1, 0.15) is 18.5 Å². The molecule has 0 fully saturated rings. The summed E-state index contributed by atoms with van der Waals surface area (Å²) in [5.74, 6) is -1.25. The number of aromatic hydroxyl groups is 1. The monoisotopic (exact) mass is 298 g/mol. The van der Waals surface area contributed by atoms with Crippen LogP contribution in [0, 0.1) is 0 Å². The van der Waals surface area contributed by atoms with Crippen molar-refractivity contribution < 1.29 is 24.2 Å². The van der Waals surface area contributed by atoms with E-state index in [0.29, 0.717) is 0 Å². The van der Waals surface area contributed by atoms with Crippen molar-refractivity contribution in [2.45, 2.75) is 20.0 Å². The molecule has 0 spiro atoms. The smallest absolute Gasteiger partial charge is 0.339 e. The third kappa shape index (κ3) is 4.59. The Bertz CT molecular complexity index is 538. The number of esters is 2. The highest BCUT2D eigenvalue weighted by Crippen LogP contribution is 2.22. The van der Waals surface area contributed by atoms with E-state index in [4.69, 9.17) is 21.1 Å². The van der Waals surface area contributed by atoms with Gasteiger partial charge in [-0.15, -0.1) is 0 Å². The molecule has 0 saturated heterocycles. The van der Waals surface area contributed by atoms with Crippen LogP contribution < -0.4 is 0 Å². The lowest BCUT2D eigenvalue weighted by Gasteiger charge is -2.13. The Labute approximate surface area is 121 Å². The predicted octanol–water partition coefficient (Wildman–Crippen LogP) is 2.71. The highest BCUT2D eigenvalue weighted by Gasteiger charge is 2.16. The average molecular weight is 299 g/mol. The van der Waals surface area contributed by atoms with Crippen LogP contribution in [0.4, 0.5) is 0 Å². The molecule has 5 nitrogen and oxygen atoms in total. The number of ether oxygens (including phenoxy) is 2. The summed E-state index contributed by atoms with van der Waals surface area (Å²) in [6, 6.07) is 3.92. The van der Waals surface area contributed by atoms with Crippen LogP contribution in [0.5, 0.6) is 5.75 Å². The fourth-order valence-corrected chi connectivity index (χ4v) is 1.51. The quantitative estimate of drug-likeness (QED) is 0.668. The first kappa shape index (κ1) is 16.0. The predicted molar refractivity (Wildman–Crippen MR) is 73.8 cm³/mol. The number of carbonyl (C=O) groups is 2. The van der Waals surface area contributed by atoms with Crippen LogP contribution >= 0.6 is 11.6 Å². The minimum atomic E-state index is -0.659. The summed E-state index contributed by atoms with van der Waals surface area (Å²) in [6.07, 6.45) is -0.598. The Morgan fingerprint density at radius 3 is 2.65 bits per heavy atom. The molecule has 0 amide bonds. The molecule has 1 rings (SSSR count). The van der Waals surface area contributed by atoms with Gasteiger partial charge in [-0.2, -0.15) is 0 Å². The molecule has 0 radical (unpaired) electrons. The van der Waals surface area contributed by atoms with Gasteiger partial charge in [0.25, 0.3) is 0 Å². The third-order valence-electron chi connectivity index (χ3n) is 2.28. The molecule has 0 saturated carbocycles. The number of carbonyl (C=O) groups excluding carboxylic acids is 2. The summed E-state index contributed by atoms with van der Waals surface area (Å²) in [5.41, 5.74) is 0.396. The van der Waals surface area contributed by atoms with Gasteiger partial charge in [0.2, 0.25) is 0 Å². The molecule has 1 N–H and O–H groups in total. The first-order valence-corrected chi connectivity index (χ1v) is 6.21. The summed E-state index contributed by atoms with van der Waals surface area (Å²) in [5, 5.41) is 9.27. The fraction of sp³-hybridized carbons (Fsp3) is 0.286. The van der Waals surface area contributed by atoms with Crippen LogP contribution in [0.2, 0.25) is 5.02 Å². The van der Waals surface area contributed by atoms with Crippen LogP contribution in [0.3, 0.4) is 0 Å². The Hall–Kier alpha value is -2.01. The van der Waals surface area contributed by atoms with Gasteiger partial charge in [0.05, 0.1) is 10.6 Å². The van der Waals surface area contributed by atoms with E-state index in [2.05, 4.69) is 6.58 Å². The van der Waals surface area contributed by atoms with Gasteiger partial charge in [-0.3, -0.25) is 0 Å². The van der Waals surface area contributed by atoms with Gasteiger partial charge in [-0.25, -0.2) is 9.59 Å². The number of phenols is 1. The Morgan fingerprint density at radius 1 is 1.45 bits per heavy atom. The van der Waals surface area contributed by atoms with Gasteiger partial charge in [0.15, 0.2) is 0 Å². The first-order valence-electron chi connectivity index (χ1n) is 5.83. The topological polar surface area (TPSA) is 72.8 Å². The van der Waals surface area contributed by atoms with Crippen molar-refractivity contribution in [3.05, 3.63) is 40.9 Å². The second kappa shape index (κ2) is 6.96. The molecule has 0 heterocycles. The maximum atomic E-state index is 11.8. The molecule has 0 aliphatic carbocycles. The van der Waals surface area contributed by atoms with Crippen LogP contribution in [0.25, 0.3) is 0 Å². The number of hydrogen-bond acceptors (Lipinski definition) is 5. The van der Waals surface area contributed by atoms with Crippen LogP contribution in [0.1, 0.15) is 24.2 Å². The van der Waals surface area contributed by atoms with E-state index in [1.54, 1.807) is 6.92 Å². The lowest BCUT2D eigenvalue weighted by Crippen LogP contribution is -2.22. The SMILES string of the molecule is C=C(C)C(=O)OC(C)COC(=O)c1ccc(O)cc1Cl. The zero-order chi connectivity index (χ0) is 15.3. The van der Waals surface area contributed by atoms with E-state index < -0.39 is 18.0 Å². The molecular formula is C14H15ClO5. The van der Waals surface area contributed by atoms with Gasteiger partial charge < -0.3 is 14.6 Å². The summed E-state index contributed by atoms with van der Waals surface area (Å²) in [4.78, 5) is 23.0. The fourth-order valence-electron chi connectivity index (χ4n) is 1.26. The van der Waals surface area contributed by atoms with Crippen LogP contribution in [0.15, 0.2) is 30.4 Å². The lowest BCUT2D eigenvalue weighted by molar-refractivity contribution is -0.145. The number of halogens is 1. The Kier molecular flexibility index (Phi) is 5.58. The summed E-state index contributed by atoms with van der Waals surface area (Å²) >= 11 is 5.81. The molecule has 6 heteroatoms. The van der Waals surface area contributed by atoms with E-state index in [1.165, 1.54) is 25.1 Å². The van der Waals surface area contributed by atoms with E-state index in [1.807, 2.05) is 0 Å². The molecule has 1 aromatic carbocycles. The highest BCUT2D eigenvalue weighted by molar-refractivity contribution is 6.33. The lowest BCUT2D eigenvalue weighted by atomic mass is 10.2. The molecule has 0 aromatic heterocycles. The third-order valence-corrected chi connectivity index (χ3v) is 2.59. The van der Waals surface area contributed by atoms with Crippen molar-refractivity contribution in [1.29, 1.82) is 0 Å². The van der Waals surface area contributed by atoms with Crippen LogP contribution in [-0.2, 0) is 14.3 Å². The maximum Gasteiger partial charge on any atom is 0.339 e. The van der Waals surface area contributed by atoms with E-state index in [9.17, 15) is 14.7 Å². The average Bonchev–Trinajstić information content (AvgIpc) is 2.35. The van der Waals surface area contributed by atoms with E-state index >= 15 is 0 Å². The summed E-state index contributed by atoms with van der Waals surface area (Å²) in [7, 11) is 0. The highest BCUT2D eigenvalue weighted by atomic mass is 35.5. The number of hydrogen-bond donors (Lipinski definition) is 1. The number of rotatable bonds is 5. The zero-order valence-corrected chi connectivity index (χ0v) is 11.9. The van der Waals surface area contributed by atoms with E-state index in [0.717, 1.165) is 0 Å². The van der Waals surface area contributed by atoms with Gasteiger partial charge in [-0.05, 0) is 32.0 Å². The van der Waals surface area contributed by atoms with Crippen molar-refractivity contribution >= 4 is 23.5 Å². The maximum absolute atomic E-state index is 11.8. The molecule has 108 valence electrons. The molecule has 0 aliphatic rings. The second-order valence-electron chi connectivity index (χ2n) is 4.26. The Balaban J connectivity index is 2.55.